The van der Waals surface area contributed by atoms with E-state index in [0.29, 0.717) is 12.5 Å². The van der Waals surface area contributed by atoms with E-state index in [2.05, 4.69) is 23.6 Å². The molecule has 3 nitrogen and oxygen atoms in total. The molecule has 4 heteroatoms. The number of rotatable bonds is 5. The van der Waals surface area contributed by atoms with Crippen LogP contribution in [-0.2, 0) is 6.42 Å². The van der Waals surface area contributed by atoms with Gasteiger partial charge in [-0.2, -0.15) is 0 Å². The first kappa shape index (κ1) is 16.2. The van der Waals surface area contributed by atoms with Gasteiger partial charge in [0.2, 0.25) is 0 Å². The molecule has 1 aliphatic heterocycles. The summed E-state index contributed by atoms with van der Waals surface area (Å²) in [7, 11) is 0. The third-order valence-corrected chi connectivity index (χ3v) is 4.60. The molecule has 2 unspecified atom stereocenters. The highest BCUT2D eigenvalue weighted by Crippen LogP contribution is 2.27. The second-order valence-electron chi connectivity index (χ2n) is 6.03. The highest BCUT2D eigenvalue weighted by molar-refractivity contribution is 5.55. The summed E-state index contributed by atoms with van der Waals surface area (Å²) >= 11 is 0. The van der Waals surface area contributed by atoms with Crippen LogP contribution in [0.15, 0.2) is 18.2 Å². The molecular weight excluding hydrogens is 265 g/mol. The van der Waals surface area contributed by atoms with Gasteiger partial charge in [0.15, 0.2) is 0 Å². The summed E-state index contributed by atoms with van der Waals surface area (Å²) in [5, 5.41) is 0. The number of hydrogen-bond donors (Lipinski definition) is 1. The molecule has 1 aromatic rings. The van der Waals surface area contributed by atoms with Gasteiger partial charge in [0, 0.05) is 43.0 Å². The zero-order chi connectivity index (χ0) is 15.4. The largest absolute Gasteiger partial charge is 0.368 e. The third-order valence-electron chi connectivity index (χ3n) is 4.60. The van der Waals surface area contributed by atoms with E-state index in [1.165, 1.54) is 0 Å². The van der Waals surface area contributed by atoms with Crippen molar-refractivity contribution in [2.75, 3.05) is 31.1 Å². The normalized spacial score (nSPS) is 21.6. The van der Waals surface area contributed by atoms with Crippen LogP contribution in [0.3, 0.4) is 0 Å². The lowest BCUT2D eigenvalue weighted by Crippen LogP contribution is -2.52. The van der Waals surface area contributed by atoms with Crippen LogP contribution in [0.25, 0.3) is 0 Å². The highest BCUT2D eigenvalue weighted by Gasteiger charge is 2.25. The molecule has 0 aromatic heterocycles. The van der Waals surface area contributed by atoms with Crippen molar-refractivity contribution in [1.29, 1.82) is 0 Å². The minimum absolute atomic E-state index is 0.0232. The van der Waals surface area contributed by atoms with Crippen molar-refractivity contribution in [3.05, 3.63) is 29.6 Å². The van der Waals surface area contributed by atoms with Crippen LogP contribution < -0.4 is 10.6 Å². The maximum Gasteiger partial charge on any atom is 0.128 e. The van der Waals surface area contributed by atoms with Gasteiger partial charge in [0.05, 0.1) is 0 Å². The molecule has 0 aliphatic carbocycles. The number of hydrogen-bond acceptors (Lipinski definition) is 3. The maximum atomic E-state index is 14.2. The van der Waals surface area contributed by atoms with Gasteiger partial charge in [0.25, 0.3) is 0 Å². The minimum atomic E-state index is -0.123. The van der Waals surface area contributed by atoms with E-state index < -0.39 is 0 Å². The van der Waals surface area contributed by atoms with Crippen LogP contribution >= 0.6 is 0 Å². The van der Waals surface area contributed by atoms with Gasteiger partial charge in [-0.15, -0.1) is 0 Å². The number of halogens is 1. The van der Waals surface area contributed by atoms with E-state index in [1.807, 2.05) is 19.1 Å². The molecule has 1 aromatic carbocycles. The molecule has 1 aliphatic rings. The Labute approximate surface area is 127 Å². The molecule has 0 bridgehead atoms. The van der Waals surface area contributed by atoms with E-state index in [-0.39, 0.29) is 11.9 Å². The Morgan fingerprint density at radius 1 is 1.33 bits per heavy atom. The van der Waals surface area contributed by atoms with E-state index >= 15 is 0 Å². The number of benzene rings is 1. The van der Waals surface area contributed by atoms with Gasteiger partial charge in [0.1, 0.15) is 5.82 Å². The van der Waals surface area contributed by atoms with Gasteiger partial charge in [-0.05, 0) is 38.4 Å². The summed E-state index contributed by atoms with van der Waals surface area (Å²) in [4.78, 5) is 4.78. The number of likely N-dealkylation sites (N-methyl/N-ethyl adjacent to an activating group) is 1. The average molecular weight is 293 g/mol. The van der Waals surface area contributed by atoms with Gasteiger partial charge < -0.3 is 10.6 Å². The van der Waals surface area contributed by atoms with Gasteiger partial charge in [-0.1, -0.05) is 19.9 Å². The van der Waals surface area contributed by atoms with Gasteiger partial charge in [-0.3, -0.25) is 4.90 Å². The quantitative estimate of drug-likeness (QED) is 0.906. The standard InChI is InChI=1S/C17H28FN3/c1-4-14(19)11-15-16(18)7-6-8-17(15)21-10-9-20(5-2)13(3)12-21/h6-8,13-14H,4-5,9-12,19H2,1-3H3. The summed E-state index contributed by atoms with van der Waals surface area (Å²) in [6.07, 6.45) is 1.48. The van der Waals surface area contributed by atoms with Crippen LogP contribution in [0.4, 0.5) is 10.1 Å². The Morgan fingerprint density at radius 3 is 2.71 bits per heavy atom. The molecule has 0 amide bonds. The first-order valence-corrected chi connectivity index (χ1v) is 8.08. The fourth-order valence-corrected chi connectivity index (χ4v) is 3.14. The molecule has 118 valence electrons. The Bertz CT molecular complexity index is 463. The lowest BCUT2D eigenvalue weighted by molar-refractivity contribution is 0.199. The Balaban J connectivity index is 2.21. The molecule has 21 heavy (non-hydrogen) atoms. The second-order valence-corrected chi connectivity index (χ2v) is 6.03. The van der Waals surface area contributed by atoms with Crippen molar-refractivity contribution < 1.29 is 4.39 Å². The van der Waals surface area contributed by atoms with E-state index in [1.54, 1.807) is 6.07 Å². The zero-order valence-corrected chi connectivity index (χ0v) is 13.5. The van der Waals surface area contributed by atoms with Gasteiger partial charge >= 0.3 is 0 Å². The monoisotopic (exact) mass is 293 g/mol. The first-order valence-electron chi connectivity index (χ1n) is 8.08. The molecular formula is C17H28FN3. The number of anilines is 1. The van der Waals surface area contributed by atoms with Crippen molar-refractivity contribution in [3.63, 3.8) is 0 Å². The van der Waals surface area contributed by atoms with Crippen molar-refractivity contribution in [3.8, 4) is 0 Å². The molecule has 0 saturated carbocycles. The van der Waals surface area contributed by atoms with Crippen molar-refractivity contribution in [2.45, 2.75) is 45.7 Å². The van der Waals surface area contributed by atoms with E-state index in [9.17, 15) is 4.39 Å². The lowest BCUT2D eigenvalue weighted by atomic mass is 10.0. The fraction of sp³-hybridized carbons (Fsp3) is 0.647. The zero-order valence-electron chi connectivity index (χ0n) is 13.5. The first-order chi connectivity index (χ1) is 10.1. The molecule has 0 radical (unpaired) electrons. The predicted molar refractivity (Wildman–Crippen MR) is 87.3 cm³/mol. The summed E-state index contributed by atoms with van der Waals surface area (Å²) in [6.45, 7) is 10.5. The third kappa shape index (κ3) is 3.74. The molecule has 2 N–H and O–H groups in total. The Kier molecular flexibility index (Phi) is 5.59. The Hall–Kier alpha value is -1.13. The summed E-state index contributed by atoms with van der Waals surface area (Å²) in [5.74, 6) is -0.123. The number of piperazine rings is 1. The number of nitrogens with zero attached hydrogens (tertiary/aromatic N) is 2. The minimum Gasteiger partial charge on any atom is -0.368 e. The second kappa shape index (κ2) is 7.23. The summed E-state index contributed by atoms with van der Waals surface area (Å²) in [6, 6.07) is 5.92. The molecule has 1 saturated heterocycles. The van der Waals surface area contributed by atoms with Crippen LogP contribution in [0.2, 0.25) is 0 Å². The van der Waals surface area contributed by atoms with Crippen molar-refractivity contribution in [1.82, 2.24) is 4.90 Å². The number of nitrogens with two attached hydrogens (primary N) is 1. The molecule has 0 spiro atoms. The van der Waals surface area contributed by atoms with Crippen molar-refractivity contribution >= 4 is 5.69 Å². The summed E-state index contributed by atoms with van der Waals surface area (Å²) in [5.41, 5.74) is 7.86. The predicted octanol–water partition coefficient (Wildman–Crippen LogP) is 2.64. The SMILES string of the molecule is CCC(N)Cc1c(F)cccc1N1CCN(CC)C(C)C1. The van der Waals surface area contributed by atoms with Crippen LogP contribution in [-0.4, -0.2) is 43.2 Å². The summed E-state index contributed by atoms with van der Waals surface area (Å²) < 4.78 is 14.2. The highest BCUT2D eigenvalue weighted by atomic mass is 19.1. The van der Waals surface area contributed by atoms with E-state index in [0.717, 1.165) is 43.9 Å². The topological polar surface area (TPSA) is 32.5 Å². The van der Waals surface area contributed by atoms with Gasteiger partial charge in [-0.25, -0.2) is 4.39 Å². The molecule has 2 rings (SSSR count). The van der Waals surface area contributed by atoms with Crippen LogP contribution in [0.1, 0.15) is 32.8 Å². The molecule has 2 atom stereocenters. The smallest absolute Gasteiger partial charge is 0.128 e. The maximum absolute atomic E-state index is 14.2. The van der Waals surface area contributed by atoms with Crippen LogP contribution in [0.5, 0.6) is 0 Å². The van der Waals surface area contributed by atoms with E-state index in [4.69, 9.17) is 5.73 Å². The molecule has 1 fully saturated rings. The average Bonchev–Trinajstić information content (AvgIpc) is 2.49. The Morgan fingerprint density at radius 2 is 2.10 bits per heavy atom. The molecule has 1 heterocycles. The lowest BCUT2D eigenvalue weighted by Gasteiger charge is -2.41. The van der Waals surface area contributed by atoms with Crippen molar-refractivity contribution in [2.24, 2.45) is 5.73 Å². The van der Waals surface area contributed by atoms with Crippen LogP contribution in [0, 0.1) is 5.82 Å². The fourth-order valence-electron chi connectivity index (χ4n) is 3.14.